The molecule has 3 atom stereocenters. The van der Waals surface area contributed by atoms with E-state index in [0.717, 1.165) is 31.5 Å². The van der Waals surface area contributed by atoms with Gasteiger partial charge in [0.1, 0.15) is 6.04 Å². The zero-order chi connectivity index (χ0) is 19.3. The molecule has 3 aliphatic rings. The van der Waals surface area contributed by atoms with Crippen molar-refractivity contribution < 1.29 is 14.3 Å². The number of likely N-dealkylation sites (tertiary alicyclic amines) is 1. The summed E-state index contributed by atoms with van der Waals surface area (Å²) in [6.45, 7) is 3.29. The lowest BCUT2D eigenvalue weighted by atomic mass is 9.92. The van der Waals surface area contributed by atoms with Crippen LogP contribution in [0.1, 0.15) is 31.4 Å². The molecule has 3 unspecified atom stereocenters. The van der Waals surface area contributed by atoms with Crippen LogP contribution in [0, 0.1) is 0 Å². The fourth-order valence-corrected chi connectivity index (χ4v) is 4.44. The first-order valence-corrected chi connectivity index (χ1v) is 10.3. The summed E-state index contributed by atoms with van der Waals surface area (Å²) in [4.78, 5) is 33.9. The van der Waals surface area contributed by atoms with Gasteiger partial charge < -0.3 is 14.5 Å². The summed E-state index contributed by atoms with van der Waals surface area (Å²) >= 11 is 0. The van der Waals surface area contributed by atoms with Crippen LogP contribution < -0.4 is 10.9 Å². The third-order valence-corrected chi connectivity index (χ3v) is 5.95. The van der Waals surface area contributed by atoms with Crippen molar-refractivity contribution in [3.05, 3.63) is 30.1 Å². The van der Waals surface area contributed by atoms with E-state index in [1.54, 1.807) is 6.20 Å². The molecule has 3 aliphatic heterocycles. The van der Waals surface area contributed by atoms with E-state index in [9.17, 15) is 9.59 Å². The molecule has 0 bridgehead atoms. The third kappa shape index (κ3) is 4.34. The second-order valence-corrected chi connectivity index (χ2v) is 7.77. The first-order chi connectivity index (χ1) is 13.7. The molecule has 3 saturated heterocycles. The summed E-state index contributed by atoms with van der Waals surface area (Å²) in [6, 6.07) is 5.62. The van der Waals surface area contributed by atoms with Crippen LogP contribution in [0.15, 0.2) is 24.4 Å². The van der Waals surface area contributed by atoms with Crippen molar-refractivity contribution in [2.45, 2.75) is 50.2 Å². The molecule has 1 aromatic heterocycles. The van der Waals surface area contributed by atoms with Crippen molar-refractivity contribution in [3.8, 4) is 0 Å². The van der Waals surface area contributed by atoms with E-state index in [1.165, 1.54) is 0 Å². The van der Waals surface area contributed by atoms with Crippen molar-refractivity contribution in [1.82, 2.24) is 25.6 Å². The predicted octanol–water partition coefficient (Wildman–Crippen LogP) is 0.0991. The molecule has 8 heteroatoms. The zero-order valence-electron chi connectivity index (χ0n) is 16.2. The fourth-order valence-electron chi connectivity index (χ4n) is 4.44. The number of hydrazine groups is 1. The molecule has 0 saturated carbocycles. The minimum Gasteiger partial charge on any atom is -0.378 e. The SMILES string of the molecule is O=C(C1CC(C2CCCCN2C(=O)Cc2ccccn2)NN1)N1CCOCC1. The summed E-state index contributed by atoms with van der Waals surface area (Å²) in [5, 5.41) is 0. The molecule has 0 aliphatic carbocycles. The maximum atomic E-state index is 12.9. The van der Waals surface area contributed by atoms with Crippen molar-refractivity contribution in [1.29, 1.82) is 0 Å². The van der Waals surface area contributed by atoms with E-state index in [1.807, 2.05) is 28.0 Å². The van der Waals surface area contributed by atoms with E-state index in [2.05, 4.69) is 15.8 Å². The molecule has 28 heavy (non-hydrogen) atoms. The number of nitrogens with zero attached hydrogens (tertiary/aromatic N) is 3. The molecule has 8 nitrogen and oxygen atoms in total. The van der Waals surface area contributed by atoms with Crippen LogP contribution >= 0.6 is 0 Å². The van der Waals surface area contributed by atoms with Crippen LogP contribution in [0.3, 0.4) is 0 Å². The molecule has 0 spiro atoms. The average molecular weight is 387 g/mol. The standard InChI is InChI=1S/C20H29N5O3/c26-19(13-15-5-1-3-7-21-15)25-8-4-2-6-18(25)16-14-17(23-22-16)20(27)24-9-11-28-12-10-24/h1,3,5,7,16-18,22-23H,2,4,6,8-14H2. The van der Waals surface area contributed by atoms with E-state index in [0.29, 0.717) is 39.1 Å². The van der Waals surface area contributed by atoms with E-state index in [4.69, 9.17) is 4.74 Å². The number of hydrogen-bond donors (Lipinski definition) is 2. The van der Waals surface area contributed by atoms with Gasteiger partial charge in [-0.15, -0.1) is 0 Å². The molecule has 0 radical (unpaired) electrons. The van der Waals surface area contributed by atoms with Gasteiger partial charge in [0.25, 0.3) is 0 Å². The topological polar surface area (TPSA) is 86.8 Å². The van der Waals surface area contributed by atoms with Crippen molar-refractivity contribution in [2.75, 3.05) is 32.8 Å². The van der Waals surface area contributed by atoms with Gasteiger partial charge in [0.05, 0.1) is 19.6 Å². The smallest absolute Gasteiger partial charge is 0.241 e. The van der Waals surface area contributed by atoms with Gasteiger partial charge in [-0.1, -0.05) is 6.07 Å². The molecule has 4 rings (SSSR count). The quantitative estimate of drug-likeness (QED) is 0.762. The second kappa shape index (κ2) is 8.98. The van der Waals surface area contributed by atoms with Crippen LogP contribution in [0.5, 0.6) is 0 Å². The Kier molecular flexibility index (Phi) is 6.19. The van der Waals surface area contributed by atoms with Gasteiger partial charge in [0.2, 0.25) is 11.8 Å². The lowest BCUT2D eigenvalue weighted by molar-refractivity contribution is -0.137. The number of ether oxygens (including phenoxy) is 1. The van der Waals surface area contributed by atoms with Crippen molar-refractivity contribution >= 4 is 11.8 Å². The Morgan fingerprint density at radius 3 is 2.79 bits per heavy atom. The Labute approximate surface area is 165 Å². The summed E-state index contributed by atoms with van der Waals surface area (Å²) in [7, 11) is 0. The molecule has 2 amide bonds. The van der Waals surface area contributed by atoms with Crippen molar-refractivity contribution in [2.24, 2.45) is 0 Å². The van der Waals surface area contributed by atoms with Gasteiger partial charge in [-0.3, -0.25) is 20.0 Å². The Hall–Kier alpha value is -2.03. The molecule has 0 aromatic carbocycles. The van der Waals surface area contributed by atoms with E-state index in [-0.39, 0.29) is 29.9 Å². The number of nitrogens with one attached hydrogen (secondary N) is 2. The van der Waals surface area contributed by atoms with Crippen molar-refractivity contribution in [3.63, 3.8) is 0 Å². The van der Waals surface area contributed by atoms with Crippen LogP contribution in [0.2, 0.25) is 0 Å². The Morgan fingerprint density at radius 2 is 2.00 bits per heavy atom. The first kappa shape index (κ1) is 19.3. The maximum absolute atomic E-state index is 12.9. The number of carbonyl (C=O) groups excluding carboxylic acids is 2. The van der Waals surface area contributed by atoms with E-state index < -0.39 is 0 Å². The highest BCUT2D eigenvalue weighted by Gasteiger charge is 2.40. The zero-order valence-corrected chi connectivity index (χ0v) is 16.2. The summed E-state index contributed by atoms with van der Waals surface area (Å²) in [6.07, 6.45) is 5.85. The largest absolute Gasteiger partial charge is 0.378 e. The highest BCUT2D eigenvalue weighted by atomic mass is 16.5. The van der Waals surface area contributed by atoms with Crippen LogP contribution in [0.4, 0.5) is 0 Å². The highest BCUT2D eigenvalue weighted by molar-refractivity contribution is 5.82. The van der Waals surface area contributed by atoms with Gasteiger partial charge in [0, 0.05) is 43.6 Å². The summed E-state index contributed by atoms with van der Waals surface area (Å²) in [5.74, 6) is 0.244. The number of hydrogen-bond acceptors (Lipinski definition) is 6. The number of morpholine rings is 1. The Bertz CT molecular complexity index is 680. The summed E-state index contributed by atoms with van der Waals surface area (Å²) in [5.41, 5.74) is 7.29. The van der Waals surface area contributed by atoms with E-state index >= 15 is 0 Å². The molecule has 3 fully saturated rings. The van der Waals surface area contributed by atoms with Gasteiger partial charge in [-0.2, -0.15) is 0 Å². The lowest BCUT2D eigenvalue weighted by Crippen LogP contribution is -2.54. The predicted molar refractivity (Wildman–Crippen MR) is 103 cm³/mol. The van der Waals surface area contributed by atoms with Gasteiger partial charge in [-0.25, -0.2) is 5.43 Å². The normalized spacial score (nSPS) is 28.4. The number of aromatic nitrogens is 1. The summed E-state index contributed by atoms with van der Waals surface area (Å²) < 4.78 is 5.34. The molecular formula is C20H29N5O3. The van der Waals surface area contributed by atoms with Gasteiger partial charge in [-0.05, 0) is 37.8 Å². The number of rotatable bonds is 4. The first-order valence-electron chi connectivity index (χ1n) is 10.3. The Balaban J connectivity index is 1.37. The molecule has 1 aromatic rings. The number of piperidine rings is 1. The second-order valence-electron chi connectivity index (χ2n) is 7.77. The number of amides is 2. The molecule has 2 N–H and O–H groups in total. The van der Waals surface area contributed by atoms with Crippen LogP contribution in [-0.2, 0) is 20.7 Å². The highest BCUT2D eigenvalue weighted by Crippen LogP contribution is 2.25. The molecule has 4 heterocycles. The Morgan fingerprint density at radius 1 is 1.14 bits per heavy atom. The lowest BCUT2D eigenvalue weighted by Gasteiger charge is -2.39. The molecule has 152 valence electrons. The number of pyridine rings is 1. The minimum absolute atomic E-state index is 0.0861. The van der Waals surface area contributed by atoms with Gasteiger partial charge >= 0.3 is 0 Å². The fraction of sp³-hybridized carbons (Fsp3) is 0.650. The van der Waals surface area contributed by atoms with Crippen LogP contribution in [-0.4, -0.2) is 77.6 Å². The third-order valence-electron chi connectivity index (χ3n) is 5.95. The number of carbonyl (C=O) groups is 2. The van der Waals surface area contributed by atoms with Gasteiger partial charge in [0.15, 0.2) is 0 Å². The molecular weight excluding hydrogens is 358 g/mol. The van der Waals surface area contributed by atoms with Crippen LogP contribution in [0.25, 0.3) is 0 Å². The average Bonchev–Trinajstić information content (AvgIpc) is 3.25. The maximum Gasteiger partial charge on any atom is 0.241 e. The minimum atomic E-state index is -0.238. The monoisotopic (exact) mass is 387 g/mol.